The Labute approximate surface area is 177 Å². The van der Waals surface area contributed by atoms with Crippen LogP contribution in [-0.4, -0.2) is 30.8 Å². The van der Waals surface area contributed by atoms with Gasteiger partial charge < -0.3 is 5.32 Å². The van der Waals surface area contributed by atoms with Gasteiger partial charge in [-0.15, -0.1) is 10.2 Å². The van der Waals surface area contributed by atoms with Gasteiger partial charge in [0, 0.05) is 15.6 Å². The van der Waals surface area contributed by atoms with Crippen LogP contribution in [0.2, 0.25) is 0 Å². The van der Waals surface area contributed by atoms with Crippen LogP contribution in [-0.2, 0) is 0 Å². The highest BCUT2D eigenvalue weighted by Gasteiger charge is 2.15. The number of anilines is 1. The van der Waals surface area contributed by atoms with E-state index in [-0.39, 0.29) is 11.0 Å². The molecule has 0 saturated carbocycles. The number of nitrogens with one attached hydrogen (secondary N) is 2. The molecule has 0 radical (unpaired) electrons. The molecule has 0 fully saturated rings. The predicted molar refractivity (Wildman–Crippen MR) is 117 cm³/mol. The number of para-hydroxylation sites is 1. The summed E-state index contributed by atoms with van der Waals surface area (Å²) in [5.74, 6) is 0.436. The van der Waals surface area contributed by atoms with Crippen LogP contribution >= 0.6 is 39.5 Å². The molecular weight excluding hydrogens is 460 g/mol. The number of hydrogen-bond acceptors (Lipinski definition) is 6. The van der Waals surface area contributed by atoms with E-state index in [1.807, 2.05) is 37.3 Å². The van der Waals surface area contributed by atoms with Crippen molar-refractivity contribution in [2.45, 2.75) is 6.92 Å². The van der Waals surface area contributed by atoms with Gasteiger partial charge in [-0.05, 0) is 49.5 Å². The van der Waals surface area contributed by atoms with E-state index in [1.54, 1.807) is 22.7 Å². The van der Waals surface area contributed by atoms with Crippen molar-refractivity contribution in [3.05, 3.63) is 64.4 Å². The zero-order valence-electron chi connectivity index (χ0n) is 14.5. The average Bonchev–Trinajstić information content (AvgIpc) is 3.24. The van der Waals surface area contributed by atoms with E-state index in [9.17, 15) is 4.79 Å². The lowest BCUT2D eigenvalue weighted by atomic mass is 10.2. The van der Waals surface area contributed by atoms with Crippen LogP contribution in [0, 0.1) is 6.92 Å². The molecule has 10 heteroatoms. The molecule has 0 atom stereocenters. The normalized spacial score (nSPS) is 10.8. The summed E-state index contributed by atoms with van der Waals surface area (Å²) in [5, 5.41) is 19.4. The number of carbonyl (C=O) groups excluding carboxylic acids is 1. The molecule has 0 saturated heterocycles. The first kappa shape index (κ1) is 18.7. The molecule has 4 rings (SSSR count). The molecule has 28 heavy (non-hydrogen) atoms. The fourth-order valence-electron chi connectivity index (χ4n) is 2.56. The molecule has 0 bridgehead atoms. The van der Waals surface area contributed by atoms with Crippen LogP contribution in [0.15, 0.2) is 53.0 Å². The Kier molecular flexibility index (Phi) is 5.16. The third-order valence-corrected chi connectivity index (χ3v) is 5.50. The van der Waals surface area contributed by atoms with Crippen molar-refractivity contribution in [2.24, 2.45) is 0 Å². The fourth-order valence-corrected chi connectivity index (χ4v) is 4.09. The zero-order valence-corrected chi connectivity index (χ0v) is 17.7. The van der Waals surface area contributed by atoms with Crippen molar-refractivity contribution in [3.63, 3.8) is 0 Å². The van der Waals surface area contributed by atoms with Gasteiger partial charge in [-0.25, -0.2) is 0 Å². The second-order valence-electron chi connectivity index (χ2n) is 5.81. The van der Waals surface area contributed by atoms with Gasteiger partial charge in [0.15, 0.2) is 10.9 Å². The first-order valence-corrected chi connectivity index (χ1v) is 10.2. The Bertz CT molecular complexity index is 1200. The van der Waals surface area contributed by atoms with E-state index >= 15 is 0 Å². The van der Waals surface area contributed by atoms with Crippen LogP contribution < -0.4 is 10.6 Å². The van der Waals surface area contributed by atoms with Crippen molar-refractivity contribution in [1.29, 1.82) is 0 Å². The summed E-state index contributed by atoms with van der Waals surface area (Å²) >= 11 is 10.1. The summed E-state index contributed by atoms with van der Waals surface area (Å²) in [6.07, 6.45) is 0. The molecule has 2 aromatic carbocycles. The fraction of sp³-hybridized carbons (Fsp3) is 0.0556. The lowest BCUT2D eigenvalue weighted by Gasteiger charge is -2.12. The number of carbonyl (C=O) groups is 1. The molecule has 0 unspecified atom stereocenters. The lowest BCUT2D eigenvalue weighted by Crippen LogP contribution is -2.34. The number of amides is 1. The topological polar surface area (TPSA) is 84.2 Å². The highest BCUT2D eigenvalue weighted by atomic mass is 79.9. The predicted octanol–water partition coefficient (Wildman–Crippen LogP) is 4.05. The number of benzene rings is 2. The van der Waals surface area contributed by atoms with Gasteiger partial charge in [0.05, 0.1) is 5.69 Å². The minimum Gasteiger partial charge on any atom is -0.332 e. The van der Waals surface area contributed by atoms with Crippen molar-refractivity contribution in [2.75, 3.05) is 5.32 Å². The van der Waals surface area contributed by atoms with Crippen LogP contribution in [0.5, 0.6) is 0 Å². The minimum atomic E-state index is -0.286. The standard InChI is InChI=1S/C18H13BrN6OS2/c1-10-22-23-18-25(10)24-16(28-18)13-7-2-3-8-14(13)20-17(27)21-15(26)11-5-4-6-12(19)9-11/h2-9H,1H3,(H2,20,21,26,27). The van der Waals surface area contributed by atoms with Crippen molar-refractivity contribution in [3.8, 4) is 10.6 Å². The largest absolute Gasteiger partial charge is 0.332 e. The summed E-state index contributed by atoms with van der Waals surface area (Å²) in [5.41, 5.74) is 2.11. The summed E-state index contributed by atoms with van der Waals surface area (Å²) in [6, 6.07) is 14.7. The maximum atomic E-state index is 12.4. The Balaban J connectivity index is 1.55. The monoisotopic (exact) mass is 472 g/mol. The smallest absolute Gasteiger partial charge is 0.257 e. The molecule has 0 aliphatic heterocycles. The summed E-state index contributed by atoms with van der Waals surface area (Å²) in [4.78, 5) is 13.1. The zero-order chi connectivity index (χ0) is 19.7. The molecule has 0 aliphatic carbocycles. The first-order valence-electron chi connectivity index (χ1n) is 8.17. The third-order valence-electron chi connectivity index (χ3n) is 3.87. The van der Waals surface area contributed by atoms with Crippen molar-refractivity contribution in [1.82, 2.24) is 25.1 Å². The Morgan fingerprint density at radius 3 is 2.79 bits per heavy atom. The molecule has 0 aliphatic rings. The molecule has 2 aromatic heterocycles. The Morgan fingerprint density at radius 2 is 2.00 bits per heavy atom. The number of hydrogen-bond donors (Lipinski definition) is 2. The molecule has 2 N–H and O–H groups in total. The van der Waals surface area contributed by atoms with Gasteiger partial charge in [-0.3, -0.25) is 10.1 Å². The first-order chi connectivity index (χ1) is 13.5. The Hall–Kier alpha value is -2.69. The minimum absolute atomic E-state index is 0.205. The van der Waals surface area contributed by atoms with Gasteiger partial charge in [-0.1, -0.05) is 45.5 Å². The van der Waals surface area contributed by atoms with Crippen molar-refractivity contribution >= 4 is 61.2 Å². The number of fused-ring (bicyclic) bond motifs is 1. The number of thiocarbonyl (C=S) groups is 1. The van der Waals surface area contributed by atoms with E-state index in [0.29, 0.717) is 10.5 Å². The number of nitrogens with zero attached hydrogens (tertiary/aromatic N) is 4. The average molecular weight is 473 g/mol. The molecule has 140 valence electrons. The number of aryl methyl sites for hydroxylation is 1. The number of rotatable bonds is 3. The van der Waals surface area contributed by atoms with Gasteiger partial charge in [-0.2, -0.15) is 9.61 Å². The highest BCUT2D eigenvalue weighted by Crippen LogP contribution is 2.31. The maximum absolute atomic E-state index is 12.4. The van der Waals surface area contributed by atoms with Crippen molar-refractivity contribution < 1.29 is 4.79 Å². The molecular formula is C18H13BrN6OS2. The van der Waals surface area contributed by atoms with E-state index < -0.39 is 0 Å². The van der Waals surface area contributed by atoms with Crippen LogP contribution in [0.4, 0.5) is 5.69 Å². The molecule has 4 aromatic rings. The van der Waals surface area contributed by atoms with Gasteiger partial charge in [0.2, 0.25) is 4.96 Å². The second-order valence-corrected chi connectivity index (χ2v) is 8.09. The van der Waals surface area contributed by atoms with Crippen LogP contribution in [0.3, 0.4) is 0 Å². The molecule has 0 spiro atoms. The highest BCUT2D eigenvalue weighted by molar-refractivity contribution is 9.10. The summed E-state index contributed by atoms with van der Waals surface area (Å²) < 4.78 is 2.52. The van der Waals surface area contributed by atoms with Gasteiger partial charge in [0.1, 0.15) is 5.01 Å². The van der Waals surface area contributed by atoms with Gasteiger partial charge >= 0.3 is 0 Å². The summed E-state index contributed by atoms with van der Waals surface area (Å²) in [7, 11) is 0. The van der Waals surface area contributed by atoms with E-state index in [1.165, 1.54) is 11.3 Å². The van der Waals surface area contributed by atoms with Crippen LogP contribution in [0.25, 0.3) is 15.5 Å². The van der Waals surface area contributed by atoms with E-state index in [0.717, 1.165) is 26.6 Å². The lowest BCUT2D eigenvalue weighted by molar-refractivity contribution is 0.0977. The molecule has 2 heterocycles. The third kappa shape index (κ3) is 3.79. The van der Waals surface area contributed by atoms with E-state index in [2.05, 4.69) is 41.9 Å². The maximum Gasteiger partial charge on any atom is 0.257 e. The number of halogens is 1. The second kappa shape index (κ2) is 7.74. The van der Waals surface area contributed by atoms with Gasteiger partial charge in [0.25, 0.3) is 5.91 Å². The summed E-state index contributed by atoms with van der Waals surface area (Å²) in [6.45, 7) is 1.85. The quantitative estimate of drug-likeness (QED) is 0.437. The Morgan fingerprint density at radius 1 is 1.18 bits per heavy atom. The SMILES string of the molecule is Cc1nnc2sc(-c3ccccc3NC(=S)NC(=O)c3cccc(Br)c3)nn12. The molecule has 1 amide bonds. The molecule has 7 nitrogen and oxygen atoms in total. The van der Waals surface area contributed by atoms with Crippen LogP contribution in [0.1, 0.15) is 16.2 Å². The number of aromatic nitrogens is 4. The van der Waals surface area contributed by atoms with E-state index in [4.69, 9.17) is 12.2 Å².